The molecule has 0 bridgehead atoms. The number of aryl methyl sites for hydroxylation is 1. The molecule has 22 heavy (non-hydrogen) atoms. The minimum atomic E-state index is -3.84. The fourth-order valence-corrected chi connectivity index (χ4v) is 2.91. The average molecular weight is 325 g/mol. The van der Waals surface area contributed by atoms with E-state index in [2.05, 4.69) is 9.71 Å². The van der Waals surface area contributed by atoms with E-state index < -0.39 is 26.5 Å². The summed E-state index contributed by atoms with van der Waals surface area (Å²) in [5, 5.41) is 10.9. The quantitative estimate of drug-likeness (QED) is 0.647. The number of benzene rings is 1. The van der Waals surface area contributed by atoms with Crippen LogP contribution in [0.15, 0.2) is 42.7 Å². The molecule has 0 saturated carbocycles. The number of aromatic nitrogens is 1. The molecule has 0 spiro atoms. The lowest BCUT2D eigenvalue weighted by Gasteiger charge is -2.08. The molecule has 2 rings (SSSR count). The van der Waals surface area contributed by atoms with E-state index in [1.807, 2.05) is 0 Å². The minimum absolute atomic E-state index is 0.0564. The van der Waals surface area contributed by atoms with Gasteiger partial charge in [0.15, 0.2) is 5.82 Å². The van der Waals surface area contributed by atoms with Crippen molar-refractivity contribution in [2.24, 2.45) is 0 Å². The van der Waals surface area contributed by atoms with E-state index in [-0.39, 0.29) is 17.8 Å². The van der Waals surface area contributed by atoms with Crippen molar-refractivity contribution in [3.05, 3.63) is 64.2 Å². The molecule has 0 aliphatic rings. The molecule has 0 saturated heterocycles. The Morgan fingerprint density at radius 1 is 1.27 bits per heavy atom. The van der Waals surface area contributed by atoms with Crippen LogP contribution in [0.25, 0.3) is 0 Å². The van der Waals surface area contributed by atoms with E-state index in [1.54, 1.807) is 6.07 Å². The summed E-state index contributed by atoms with van der Waals surface area (Å²) in [6, 6.07) is 7.07. The zero-order chi connectivity index (χ0) is 16.2. The summed E-state index contributed by atoms with van der Waals surface area (Å²) in [7, 11) is -3.84. The molecule has 0 atom stereocenters. The van der Waals surface area contributed by atoms with Crippen molar-refractivity contribution in [1.29, 1.82) is 0 Å². The van der Waals surface area contributed by atoms with Crippen LogP contribution in [0.1, 0.15) is 5.56 Å². The number of nitro groups is 1. The second-order valence-electron chi connectivity index (χ2n) is 4.41. The maximum atomic E-state index is 13.4. The second kappa shape index (κ2) is 6.48. The Labute approximate surface area is 126 Å². The summed E-state index contributed by atoms with van der Waals surface area (Å²) in [4.78, 5) is 13.8. The minimum Gasteiger partial charge on any atom is -0.280 e. The molecule has 1 aromatic carbocycles. The van der Waals surface area contributed by atoms with Gasteiger partial charge >= 0.3 is 0 Å². The zero-order valence-corrected chi connectivity index (χ0v) is 12.1. The Kier molecular flexibility index (Phi) is 4.66. The molecule has 116 valence electrons. The van der Waals surface area contributed by atoms with E-state index in [9.17, 15) is 22.9 Å². The maximum absolute atomic E-state index is 13.4. The fraction of sp³-hybridized carbons (Fsp3) is 0.154. The van der Waals surface area contributed by atoms with Gasteiger partial charge < -0.3 is 0 Å². The Morgan fingerprint density at radius 3 is 2.68 bits per heavy atom. The SMILES string of the molecule is O=[N+]([O-])c1ccccc1CCS(=O)(=O)Nc1ccncc1F. The number of hydrogen-bond acceptors (Lipinski definition) is 5. The number of nitrogens with one attached hydrogen (secondary N) is 1. The molecule has 2 aromatic rings. The largest absolute Gasteiger partial charge is 0.280 e. The molecule has 1 heterocycles. The van der Waals surface area contributed by atoms with E-state index in [0.717, 1.165) is 6.20 Å². The summed E-state index contributed by atoms with van der Waals surface area (Å²) in [5.41, 5.74) is -0.0570. The fourth-order valence-electron chi connectivity index (χ4n) is 1.82. The number of pyridine rings is 1. The predicted molar refractivity (Wildman–Crippen MR) is 78.4 cm³/mol. The highest BCUT2D eigenvalue weighted by Crippen LogP contribution is 2.19. The summed E-state index contributed by atoms with van der Waals surface area (Å²) < 4.78 is 39.3. The first-order chi connectivity index (χ1) is 10.4. The van der Waals surface area contributed by atoms with E-state index in [0.29, 0.717) is 5.56 Å². The third kappa shape index (κ3) is 3.98. The van der Waals surface area contributed by atoms with Gasteiger partial charge in [-0.05, 0) is 12.5 Å². The van der Waals surface area contributed by atoms with Crippen LogP contribution in [0.4, 0.5) is 15.8 Å². The molecule has 0 aliphatic heterocycles. The van der Waals surface area contributed by atoms with Crippen molar-refractivity contribution in [2.45, 2.75) is 6.42 Å². The highest BCUT2D eigenvalue weighted by atomic mass is 32.2. The van der Waals surface area contributed by atoms with Crippen LogP contribution in [-0.2, 0) is 16.4 Å². The van der Waals surface area contributed by atoms with Crippen LogP contribution < -0.4 is 4.72 Å². The Bertz CT molecular complexity index is 795. The standard InChI is InChI=1S/C13H12FN3O4S/c14-11-9-15-7-5-12(11)16-22(20,21)8-6-10-3-1-2-4-13(10)17(18)19/h1-5,7,9H,6,8H2,(H,15,16). The Hall–Kier alpha value is -2.55. The molecule has 0 fully saturated rings. The summed E-state index contributed by atoms with van der Waals surface area (Å²) in [5.74, 6) is -1.20. The van der Waals surface area contributed by atoms with Crippen molar-refractivity contribution in [2.75, 3.05) is 10.5 Å². The number of halogens is 1. The van der Waals surface area contributed by atoms with Gasteiger partial charge in [-0.15, -0.1) is 0 Å². The van der Waals surface area contributed by atoms with Crippen LogP contribution >= 0.6 is 0 Å². The second-order valence-corrected chi connectivity index (χ2v) is 6.25. The van der Waals surface area contributed by atoms with Crippen LogP contribution in [0, 0.1) is 15.9 Å². The molecule has 0 unspecified atom stereocenters. The Morgan fingerprint density at radius 2 is 2.00 bits per heavy atom. The van der Waals surface area contributed by atoms with E-state index >= 15 is 0 Å². The summed E-state index contributed by atoms with van der Waals surface area (Å²) >= 11 is 0. The number of sulfonamides is 1. The lowest BCUT2D eigenvalue weighted by molar-refractivity contribution is -0.385. The molecule has 0 radical (unpaired) electrons. The third-order valence-electron chi connectivity index (χ3n) is 2.87. The first kappa shape index (κ1) is 15.8. The van der Waals surface area contributed by atoms with E-state index in [4.69, 9.17) is 0 Å². The van der Waals surface area contributed by atoms with Gasteiger partial charge in [0.25, 0.3) is 5.69 Å². The average Bonchev–Trinajstić information content (AvgIpc) is 2.48. The molecule has 1 N–H and O–H groups in total. The highest BCUT2D eigenvalue weighted by Gasteiger charge is 2.17. The third-order valence-corrected chi connectivity index (χ3v) is 4.14. The van der Waals surface area contributed by atoms with Gasteiger partial charge in [0.2, 0.25) is 10.0 Å². The van der Waals surface area contributed by atoms with Gasteiger partial charge in [-0.2, -0.15) is 0 Å². The molecular weight excluding hydrogens is 313 g/mol. The smallest absolute Gasteiger partial charge is 0.272 e. The normalized spacial score (nSPS) is 11.1. The topological polar surface area (TPSA) is 102 Å². The molecule has 9 heteroatoms. The number of para-hydroxylation sites is 1. The lowest BCUT2D eigenvalue weighted by Crippen LogP contribution is -2.19. The molecule has 0 amide bonds. The van der Waals surface area contributed by atoms with Gasteiger partial charge in [0.05, 0.1) is 22.6 Å². The van der Waals surface area contributed by atoms with Crippen LogP contribution in [0.2, 0.25) is 0 Å². The number of nitro benzene ring substituents is 1. The van der Waals surface area contributed by atoms with Crippen LogP contribution in [0.5, 0.6) is 0 Å². The maximum Gasteiger partial charge on any atom is 0.272 e. The van der Waals surface area contributed by atoms with Gasteiger partial charge in [-0.3, -0.25) is 19.8 Å². The first-order valence-electron chi connectivity index (χ1n) is 6.21. The molecule has 0 aliphatic carbocycles. The van der Waals surface area contributed by atoms with Crippen molar-refractivity contribution in [3.8, 4) is 0 Å². The van der Waals surface area contributed by atoms with Crippen molar-refractivity contribution < 1.29 is 17.7 Å². The van der Waals surface area contributed by atoms with Gasteiger partial charge in [-0.1, -0.05) is 18.2 Å². The first-order valence-corrected chi connectivity index (χ1v) is 7.86. The van der Waals surface area contributed by atoms with Gasteiger partial charge in [0, 0.05) is 17.8 Å². The summed E-state index contributed by atoms with van der Waals surface area (Å²) in [6.07, 6.45) is 2.09. The van der Waals surface area contributed by atoms with Gasteiger partial charge in [0.1, 0.15) is 0 Å². The molecule has 1 aromatic heterocycles. The number of anilines is 1. The monoisotopic (exact) mass is 325 g/mol. The number of nitrogens with zero attached hydrogens (tertiary/aromatic N) is 2. The zero-order valence-electron chi connectivity index (χ0n) is 11.3. The van der Waals surface area contributed by atoms with Crippen molar-refractivity contribution >= 4 is 21.4 Å². The van der Waals surface area contributed by atoms with Crippen molar-refractivity contribution in [3.63, 3.8) is 0 Å². The predicted octanol–water partition coefficient (Wildman–Crippen LogP) is 2.11. The summed E-state index contributed by atoms with van der Waals surface area (Å²) in [6.45, 7) is 0. The van der Waals surface area contributed by atoms with Crippen molar-refractivity contribution in [1.82, 2.24) is 4.98 Å². The number of hydrogen-bond donors (Lipinski definition) is 1. The highest BCUT2D eigenvalue weighted by molar-refractivity contribution is 7.92. The Balaban J connectivity index is 2.11. The van der Waals surface area contributed by atoms with Crippen LogP contribution in [-0.4, -0.2) is 24.1 Å². The van der Waals surface area contributed by atoms with Gasteiger partial charge in [-0.25, -0.2) is 12.8 Å². The molecule has 7 nitrogen and oxygen atoms in total. The van der Waals surface area contributed by atoms with Crippen LogP contribution in [0.3, 0.4) is 0 Å². The lowest BCUT2D eigenvalue weighted by atomic mass is 10.1. The molecular formula is C13H12FN3O4S. The van der Waals surface area contributed by atoms with E-state index in [1.165, 1.54) is 30.5 Å². The number of rotatable bonds is 6.